The first-order valence-electron chi connectivity index (χ1n) is 7.38. The summed E-state index contributed by atoms with van der Waals surface area (Å²) in [5.41, 5.74) is 0. The summed E-state index contributed by atoms with van der Waals surface area (Å²) in [6.45, 7) is 2.72. The number of likely N-dealkylation sites (tertiary alicyclic amines) is 1. The zero-order chi connectivity index (χ0) is 13.8. The maximum Gasteiger partial charge on any atom is 0.317 e. The zero-order valence-electron chi connectivity index (χ0n) is 11.6. The van der Waals surface area contributed by atoms with Crippen molar-refractivity contribution < 1.29 is 4.79 Å². The van der Waals surface area contributed by atoms with Gasteiger partial charge in [-0.3, -0.25) is 0 Å². The molecule has 1 aromatic heterocycles. The van der Waals surface area contributed by atoms with Gasteiger partial charge >= 0.3 is 6.03 Å². The Morgan fingerprint density at radius 2 is 2.25 bits per heavy atom. The van der Waals surface area contributed by atoms with Crippen LogP contribution in [0.3, 0.4) is 0 Å². The monoisotopic (exact) mass is 311 g/mol. The van der Waals surface area contributed by atoms with Crippen LogP contribution in [0.15, 0.2) is 15.9 Å². The fraction of sp³-hybridized carbons (Fsp3) is 0.714. The molecule has 20 heavy (non-hydrogen) atoms. The summed E-state index contributed by atoms with van der Waals surface area (Å²) in [7, 11) is 0. The fourth-order valence-corrected chi connectivity index (χ4v) is 4.87. The van der Waals surface area contributed by atoms with Gasteiger partial charge in [-0.25, -0.2) is 9.78 Å². The third kappa shape index (κ3) is 3.47. The molecule has 2 atom stereocenters. The Labute approximate surface area is 128 Å². The van der Waals surface area contributed by atoms with E-state index in [4.69, 9.17) is 0 Å². The first kappa shape index (κ1) is 14.2. The van der Waals surface area contributed by atoms with E-state index in [-0.39, 0.29) is 6.03 Å². The summed E-state index contributed by atoms with van der Waals surface area (Å²) in [4.78, 5) is 18.3. The highest BCUT2D eigenvalue weighted by Gasteiger charge is 2.37. The van der Waals surface area contributed by atoms with Gasteiger partial charge in [0.2, 0.25) is 0 Å². The van der Waals surface area contributed by atoms with Crippen molar-refractivity contribution in [2.45, 2.75) is 30.0 Å². The number of rotatable bonds is 5. The standard InChI is InChI=1S/C14H21N3OS2/c18-13(17-9-11-3-1-4-12(11)10-17)15-5-2-7-19-14-16-6-8-20-14/h6,8,11-12H,1-5,7,9-10H2,(H,15,18)/t11-,12-/m0/s1. The van der Waals surface area contributed by atoms with Crippen LogP contribution in [-0.4, -0.2) is 41.3 Å². The molecule has 1 aromatic rings. The number of fused-ring (bicyclic) bond motifs is 1. The number of thiazole rings is 1. The van der Waals surface area contributed by atoms with Crippen molar-refractivity contribution in [1.82, 2.24) is 15.2 Å². The van der Waals surface area contributed by atoms with E-state index < -0.39 is 0 Å². The summed E-state index contributed by atoms with van der Waals surface area (Å²) in [5, 5.41) is 5.05. The summed E-state index contributed by atoms with van der Waals surface area (Å²) in [6.07, 6.45) is 6.83. The number of hydrogen-bond donors (Lipinski definition) is 1. The Kier molecular flexibility index (Phi) is 4.83. The molecule has 0 aromatic carbocycles. The van der Waals surface area contributed by atoms with Gasteiger partial charge in [-0.15, -0.1) is 11.3 Å². The van der Waals surface area contributed by atoms with E-state index in [9.17, 15) is 4.79 Å². The molecule has 1 saturated carbocycles. The number of nitrogens with one attached hydrogen (secondary N) is 1. The van der Waals surface area contributed by atoms with E-state index >= 15 is 0 Å². The number of thioether (sulfide) groups is 1. The first-order valence-corrected chi connectivity index (χ1v) is 9.24. The maximum atomic E-state index is 12.1. The van der Waals surface area contributed by atoms with E-state index in [1.807, 2.05) is 16.5 Å². The summed E-state index contributed by atoms with van der Waals surface area (Å²) in [5.74, 6) is 2.57. The lowest BCUT2D eigenvalue weighted by atomic mass is 10.0. The summed E-state index contributed by atoms with van der Waals surface area (Å²) < 4.78 is 1.11. The molecule has 1 aliphatic heterocycles. The van der Waals surface area contributed by atoms with Crippen molar-refractivity contribution in [1.29, 1.82) is 0 Å². The molecular formula is C14H21N3OS2. The second-order valence-corrected chi connectivity index (χ2v) is 7.82. The molecular weight excluding hydrogens is 290 g/mol. The zero-order valence-corrected chi connectivity index (χ0v) is 13.2. The Balaban J connectivity index is 1.30. The van der Waals surface area contributed by atoms with E-state index in [0.29, 0.717) is 0 Å². The van der Waals surface area contributed by atoms with Gasteiger partial charge < -0.3 is 10.2 Å². The van der Waals surface area contributed by atoms with Gasteiger partial charge in [0, 0.05) is 37.0 Å². The van der Waals surface area contributed by atoms with E-state index in [1.54, 1.807) is 23.1 Å². The molecule has 0 spiro atoms. The van der Waals surface area contributed by atoms with Crippen LogP contribution >= 0.6 is 23.1 Å². The predicted octanol–water partition coefficient (Wildman–Crippen LogP) is 3.07. The van der Waals surface area contributed by atoms with Crippen molar-refractivity contribution in [3.05, 3.63) is 11.6 Å². The second-order valence-electron chi connectivity index (χ2n) is 5.59. The first-order chi connectivity index (χ1) is 9.83. The Morgan fingerprint density at radius 3 is 2.95 bits per heavy atom. The van der Waals surface area contributed by atoms with Gasteiger partial charge in [0.25, 0.3) is 0 Å². The number of urea groups is 1. The normalized spacial score (nSPS) is 24.9. The quantitative estimate of drug-likeness (QED) is 0.671. The Bertz CT molecular complexity index is 426. The molecule has 2 fully saturated rings. The van der Waals surface area contributed by atoms with Gasteiger partial charge in [-0.1, -0.05) is 18.2 Å². The fourth-order valence-electron chi connectivity index (χ4n) is 3.22. The van der Waals surface area contributed by atoms with Crippen LogP contribution in [0.1, 0.15) is 25.7 Å². The third-order valence-corrected chi connectivity index (χ3v) is 6.30. The molecule has 0 bridgehead atoms. The van der Waals surface area contributed by atoms with Crippen molar-refractivity contribution in [2.24, 2.45) is 11.8 Å². The average molecular weight is 311 g/mol. The van der Waals surface area contributed by atoms with E-state index in [1.165, 1.54) is 19.3 Å². The highest BCUT2D eigenvalue weighted by Crippen LogP contribution is 2.37. The molecule has 0 radical (unpaired) electrons. The molecule has 3 rings (SSSR count). The Morgan fingerprint density at radius 1 is 1.45 bits per heavy atom. The molecule has 0 unspecified atom stereocenters. The van der Waals surface area contributed by atoms with Gasteiger partial charge in [0.15, 0.2) is 0 Å². The van der Waals surface area contributed by atoms with Crippen molar-refractivity contribution in [3.63, 3.8) is 0 Å². The lowest BCUT2D eigenvalue weighted by molar-refractivity contribution is 0.205. The van der Waals surface area contributed by atoms with Crippen LogP contribution in [0.25, 0.3) is 0 Å². The van der Waals surface area contributed by atoms with Crippen LogP contribution in [-0.2, 0) is 0 Å². The van der Waals surface area contributed by atoms with Gasteiger partial charge in [-0.05, 0) is 31.1 Å². The highest BCUT2D eigenvalue weighted by atomic mass is 32.2. The van der Waals surface area contributed by atoms with Gasteiger partial charge in [0.05, 0.1) is 0 Å². The molecule has 2 heterocycles. The predicted molar refractivity (Wildman–Crippen MR) is 83.3 cm³/mol. The van der Waals surface area contributed by atoms with Crippen LogP contribution < -0.4 is 5.32 Å². The number of aromatic nitrogens is 1. The number of amides is 2. The highest BCUT2D eigenvalue weighted by molar-refractivity contribution is 8.00. The van der Waals surface area contributed by atoms with Crippen LogP contribution in [0.5, 0.6) is 0 Å². The number of hydrogen-bond acceptors (Lipinski definition) is 4. The summed E-state index contributed by atoms with van der Waals surface area (Å²) in [6, 6.07) is 0.138. The van der Waals surface area contributed by atoms with Gasteiger partial charge in [-0.2, -0.15) is 0 Å². The molecule has 2 amide bonds. The second kappa shape index (κ2) is 6.80. The van der Waals surface area contributed by atoms with Crippen LogP contribution in [0.4, 0.5) is 4.79 Å². The lowest BCUT2D eigenvalue weighted by Gasteiger charge is -2.17. The molecule has 110 valence electrons. The SMILES string of the molecule is O=C(NCCCSc1nccs1)N1C[C@@H]2CCC[C@H]2C1. The van der Waals surface area contributed by atoms with Crippen molar-refractivity contribution in [2.75, 3.05) is 25.4 Å². The molecule has 4 nitrogen and oxygen atoms in total. The minimum absolute atomic E-state index is 0.138. The Hall–Kier alpha value is -0.750. The lowest BCUT2D eigenvalue weighted by Crippen LogP contribution is -2.39. The number of carbonyl (C=O) groups excluding carboxylic acids is 1. The van der Waals surface area contributed by atoms with Gasteiger partial charge in [0.1, 0.15) is 4.34 Å². The van der Waals surface area contributed by atoms with E-state index in [2.05, 4.69) is 10.3 Å². The molecule has 1 N–H and O–H groups in total. The largest absolute Gasteiger partial charge is 0.338 e. The minimum Gasteiger partial charge on any atom is -0.338 e. The topological polar surface area (TPSA) is 45.2 Å². The molecule has 1 saturated heterocycles. The molecule has 1 aliphatic carbocycles. The van der Waals surface area contributed by atoms with Crippen molar-refractivity contribution >= 4 is 29.1 Å². The summed E-state index contributed by atoms with van der Waals surface area (Å²) >= 11 is 3.44. The van der Waals surface area contributed by atoms with E-state index in [0.717, 1.165) is 48.0 Å². The average Bonchev–Trinajstić information content (AvgIpc) is 3.14. The smallest absolute Gasteiger partial charge is 0.317 e. The van der Waals surface area contributed by atoms with Crippen LogP contribution in [0, 0.1) is 11.8 Å². The van der Waals surface area contributed by atoms with Crippen LogP contribution in [0.2, 0.25) is 0 Å². The number of carbonyl (C=O) groups is 1. The van der Waals surface area contributed by atoms with Crippen molar-refractivity contribution in [3.8, 4) is 0 Å². The molecule has 2 aliphatic rings. The maximum absolute atomic E-state index is 12.1. The minimum atomic E-state index is 0.138. The molecule has 6 heteroatoms. The number of nitrogens with zero attached hydrogens (tertiary/aromatic N) is 2. The third-order valence-electron chi connectivity index (χ3n) is 4.25.